The molecule has 0 saturated heterocycles. The van der Waals surface area contributed by atoms with Crippen molar-refractivity contribution in [1.82, 2.24) is 9.78 Å². The van der Waals surface area contributed by atoms with Gasteiger partial charge in [-0.3, -0.25) is 9.59 Å². The number of fused-ring (bicyclic) bond motifs is 1. The minimum Gasteiger partial charge on any atom is -0.325 e. The van der Waals surface area contributed by atoms with Gasteiger partial charge in [-0.05, 0) is 23.8 Å². The number of rotatable bonds is 4. The van der Waals surface area contributed by atoms with Crippen LogP contribution in [0.3, 0.4) is 0 Å². The van der Waals surface area contributed by atoms with Crippen LogP contribution in [-0.2, 0) is 9.59 Å². The van der Waals surface area contributed by atoms with Gasteiger partial charge in [0.15, 0.2) is 0 Å². The maximum absolute atomic E-state index is 12.4. The molecule has 2 aromatic carbocycles. The van der Waals surface area contributed by atoms with Gasteiger partial charge in [0, 0.05) is 10.6 Å². The molecule has 3 aromatic rings. The Morgan fingerprint density at radius 3 is 2.74 bits per heavy atom. The number of halogens is 2. The number of hydrogen-bond acceptors (Lipinski definition) is 3. The Labute approximate surface area is 165 Å². The van der Waals surface area contributed by atoms with Crippen LogP contribution in [-0.4, -0.2) is 21.6 Å². The molecule has 27 heavy (non-hydrogen) atoms. The summed E-state index contributed by atoms with van der Waals surface area (Å²) in [7, 11) is 0. The first-order valence-electron chi connectivity index (χ1n) is 8.21. The quantitative estimate of drug-likeness (QED) is 0.681. The molecule has 136 valence electrons. The van der Waals surface area contributed by atoms with Crippen LogP contribution in [0.2, 0.25) is 10.0 Å². The Balaban J connectivity index is 1.54. The lowest BCUT2D eigenvalue weighted by Crippen LogP contribution is -2.23. The van der Waals surface area contributed by atoms with E-state index in [1.54, 1.807) is 29.1 Å². The van der Waals surface area contributed by atoms with Crippen LogP contribution in [0.4, 0.5) is 11.5 Å². The van der Waals surface area contributed by atoms with E-state index in [1.807, 2.05) is 30.3 Å². The minimum absolute atomic E-state index is 0.0718. The summed E-state index contributed by atoms with van der Waals surface area (Å²) in [5.41, 5.74) is 2.15. The van der Waals surface area contributed by atoms with E-state index >= 15 is 0 Å². The number of nitrogens with one attached hydrogen (secondary N) is 2. The standard InChI is InChI=1S/C19H14Cl2N4O2/c20-12-6-7-14(21)15(8-12)23-17(26)9-16-19(27)24-18-13(10-22-25(16)18)11-4-2-1-3-5-11/h1-8,10,16H,9H2,(H,23,26)(H,24,27). The second kappa shape index (κ2) is 7.06. The van der Waals surface area contributed by atoms with Crippen molar-refractivity contribution in [2.45, 2.75) is 12.5 Å². The number of aromatic nitrogens is 2. The normalized spacial score (nSPS) is 15.3. The molecule has 1 atom stereocenters. The van der Waals surface area contributed by atoms with Gasteiger partial charge < -0.3 is 10.6 Å². The fraction of sp³-hybridized carbons (Fsp3) is 0.105. The molecule has 1 aliphatic heterocycles. The first-order valence-corrected chi connectivity index (χ1v) is 8.97. The van der Waals surface area contributed by atoms with E-state index in [-0.39, 0.29) is 18.2 Å². The maximum atomic E-state index is 12.4. The summed E-state index contributed by atoms with van der Waals surface area (Å²) in [4.78, 5) is 24.8. The van der Waals surface area contributed by atoms with Gasteiger partial charge in [-0.15, -0.1) is 0 Å². The topological polar surface area (TPSA) is 76.0 Å². The molecular weight excluding hydrogens is 387 g/mol. The second-order valence-corrected chi connectivity index (χ2v) is 6.94. The smallest absolute Gasteiger partial charge is 0.251 e. The first-order chi connectivity index (χ1) is 13.0. The highest BCUT2D eigenvalue weighted by atomic mass is 35.5. The highest BCUT2D eigenvalue weighted by Crippen LogP contribution is 2.35. The number of nitrogens with zero attached hydrogens (tertiary/aromatic N) is 2. The molecule has 0 radical (unpaired) electrons. The van der Waals surface area contributed by atoms with Gasteiger partial charge in [0.1, 0.15) is 11.9 Å². The zero-order valence-electron chi connectivity index (χ0n) is 13.9. The molecule has 1 aromatic heterocycles. The SMILES string of the molecule is O=C(CC1C(=O)Nc2c(-c3ccccc3)cnn21)Nc1cc(Cl)ccc1Cl. The predicted molar refractivity (Wildman–Crippen MR) is 105 cm³/mol. The monoisotopic (exact) mass is 400 g/mol. The van der Waals surface area contributed by atoms with E-state index in [2.05, 4.69) is 15.7 Å². The second-order valence-electron chi connectivity index (χ2n) is 6.10. The Morgan fingerprint density at radius 2 is 1.96 bits per heavy atom. The van der Waals surface area contributed by atoms with Crippen molar-refractivity contribution in [3.05, 3.63) is 64.8 Å². The largest absolute Gasteiger partial charge is 0.325 e. The van der Waals surface area contributed by atoms with Gasteiger partial charge in [-0.25, -0.2) is 4.68 Å². The number of carbonyl (C=O) groups excluding carboxylic acids is 2. The summed E-state index contributed by atoms with van der Waals surface area (Å²) in [6.45, 7) is 0. The van der Waals surface area contributed by atoms with Crippen molar-refractivity contribution < 1.29 is 9.59 Å². The van der Waals surface area contributed by atoms with Crippen LogP contribution in [0.5, 0.6) is 0 Å². The summed E-state index contributed by atoms with van der Waals surface area (Å²) in [5, 5.41) is 10.6. The van der Waals surface area contributed by atoms with Crippen molar-refractivity contribution in [2.24, 2.45) is 0 Å². The molecule has 1 aliphatic rings. The lowest BCUT2D eigenvalue weighted by Gasteiger charge is -2.11. The third kappa shape index (κ3) is 3.41. The van der Waals surface area contributed by atoms with Gasteiger partial charge in [0.25, 0.3) is 5.91 Å². The third-order valence-corrected chi connectivity index (χ3v) is 4.87. The molecule has 0 bridgehead atoms. The molecule has 1 unspecified atom stereocenters. The van der Waals surface area contributed by atoms with Gasteiger partial charge in [-0.2, -0.15) is 5.10 Å². The van der Waals surface area contributed by atoms with Gasteiger partial charge >= 0.3 is 0 Å². The number of anilines is 2. The highest BCUT2D eigenvalue weighted by molar-refractivity contribution is 6.35. The summed E-state index contributed by atoms with van der Waals surface area (Å²) >= 11 is 12.0. The Bertz CT molecular complexity index is 1030. The van der Waals surface area contributed by atoms with E-state index in [9.17, 15) is 9.59 Å². The highest BCUT2D eigenvalue weighted by Gasteiger charge is 2.35. The molecular formula is C19H14Cl2N4O2. The average Bonchev–Trinajstić information content (AvgIpc) is 3.19. The van der Waals surface area contributed by atoms with Gasteiger partial charge in [0.2, 0.25) is 5.91 Å². The van der Waals surface area contributed by atoms with Crippen LogP contribution in [0.15, 0.2) is 54.7 Å². The summed E-state index contributed by atoms with van der Waals surface area (Å²) in [6.07, 6.45) is 1.61. The Hall–Kier alpha value is -2.83. The molecule has 0 saturated carbocycles. The van der Waals surface area contributed by atoms with Crippen LogP contribution >= 0.6 is 23.2 Å². The number of carbonyl (C=O) groups is 2. The lowest BCUT2D eigenvalue weighted by molar-refractivity contribution is -0.123. The predicted octanol–water partition coefficient (Wildman–Crippen LogP) is 4.38. The summed E-state index contributed by atoms with van der Waals surface area (Å²) in [6, 6.07) is 13.7. The number of amides is 2. The van der Waals surface area contributed by atoms with E-state index < -0.39 is 6.04 Å². The lowest BCUT2D eigenvalue weighted by atomic mass is 10.1. The van der Waals surface area contributed by atoms with E-state index in [1.165, 1.54) is 0 Å². The van der Waals surface area contributed by atoms with Crippen LogP contribution in [0.25, 0.3) is 11.1 Å². The Morgan fingerprint density at radius 1 is 1.19 bits per heavy atom. The van der Waals surface area contributed by atoms with Crippen LogP contribution in [0, 0.1) is 0 Å². The number of hydrogen-bond donors (Lipinski definition) is 2. The molecule has 4 rings (SSSR count). The molecule has 2 amide bonds. The first kappa shape index (κ1) is 17.6. The molecule has 0 spiro atoms. The molecule has 6 nitrogen and oxygen atoms in total. The van der Waals surface area contributed by atoms with Crippen molar-refractivity contribution in [3.8, 4) is 11.1 Å². The van der Waals surface area contributed by atoms with Crippen molar-refractivity contribution >= 4 is 46.5 Å². The van der Waals surface area contributed by atoms with Crippen molar-refractivity contribution in [1.29, 1.82) is 0 Å². The summed E-state index contributed by atoms with van der Waals surface area (Å²) < 4.78 is 1.55. The molecule has 0 fully saturated rings. The van der Waals surface area contributed by atoms with Crippen molar-refractivity contribution in [3.63, 3.8) is 0 Å². The van der Waals surface area contributed by atoms with E-state index in [4.69, 9.17) is 23.2 Å². The van der Waals surface area contributed by atoms with Crippen LogP contribution < -0.4 is 10.6 Å². The molecule has 2 N–H and O–H groups in total. The molecule has 8 heteroatoms. The fourth-order valence-corrected chi connectivity index (χ4v) is 3.35. The van der Waals surface area contributed by atoms with Crippen LogP contribution in [0.1, 0.15) is 12.5 Å². The molecule has 2 heterocycles. The third-order valence-electron chi connectivity index (χ3n) is 4.30. The Kier molecular flexibility index (Phi) is 4.59. The van der Waals surface area contributed by atoms with Crippen molar-refractivity contribution in [2.75, 3.05) is 10.6 Å². The van der Waals surface area contributed by atoms with E-state index in [0.29, 0.717) is 21.6 Å². The van der Waals surface area contributed by atoms with E-state index in [0.717, 1.165) is 11.1 Å². The molecule has 0 aliphatic carbocycles. The fourth-order valence-electron chi connectivity index (χ4n) is 3.01. The maximum Gasteiger partial charge on any atom is 0.251 e. The average molecular weight is 401 g/mol. The minimum atomic E-state index is -0.726. The van der Waals surface area contributed by atoms with Gasteiger partial charge in [-0.1, -0.05) is 53.5 Å². The van der Waals surface area contributed by atoms with Gasteiger partial charge in [0.05, 0.1) is 23.3 Å². The summed E-state index contributed by atoms with van der Waals surface area (Å²) in [5.74, 6) is -0.0451. The zero-order valence-corrected chi connectivity index (χ0v) is 15.5. The number of benzene rings is 2. The zero-order chi connectivity index (χ0) is 19.0.